The molecule has 0 amide bonds. The summed E-state index contributed by atoms with van der Waals surface area (Å²) in [7, 11) is 0. The molecule has 1 heteroatoms. The van der Waals surface area contributed by atoms with E-state index in [-0.39, 0.29) is 16.9 Å². The van der Waals surface area contributed by atoms with Crippen LogP contribution in [0.1, 0.15) is 60.8 Å². The van der Waals surface area contributed by atoms with Crippen molar-refractivity contribution in [1.82, 2.24) is 0 Å². The monoisotopic (exact) mass is 186 g/mol. The van der Waals surface area contributed by atoms with E-state index in [1.165, 1.54) is 0 Å². The van der Waals surface area contributed by atoms with Crippen molar-refractivity contribution in [2.75, 3.05) is 0 Å². The molecule has 0 aromatic carbocycles. The summed E-state index contributed by atoms with van der Waals surface area (Å²) in [5.41, 5.74) is 0.332. The van der Waals surface area contributed by atoms with Crippen molar-refractivity contribution >= 4 is 0 Å². The summed E-state index contributed by atoms with van der Waals surface area (Å²) in [6.45, 7) is 13.1. The SMILES string of the molecule is CCC(C)(C)CC(O)C(C)(C)CC. The van der Waals surface area contributed by atoms with Gasteiger partial charge in [-0.1, -0.05) is 48.0 Å². The summed E-state index contributed by atoms with van der Waals surface area (Å²) in [4.78, 5) is 0. The van der Waals surface area contributed by atoms with Gasteiger partial charge in [-0.2, -0.15) is 0 Å². The van der Waals surface area contributed by atoms with Crippen LogP contribution in [-0.2, 0) is 0 Å². The Morgan fingerprint density at radius 1 is 1.00 bits per heavy atom. The normalized spacial score (nSPS) is 15.9. The number of aliphatic hydroxyl groups is 1. The molecule has 0 aromatic heterocycles. The van der Waals surface area contributed by atoms with Gasteiger partial charge in [-0.3, -0.25) is 0 Å². The van der Waals surface area contributed by atoms with Crippen LogP contribution >= 0.6 is 0 Å². The van der Waals surface area contributed by atoms with E-state index in [1.54, 1.807) is 0 Å². The first-order valence-electron chi connectivity index (χ1n) is 5.43. The molecule has 1 atom stereocenters. The van der Waals surface area contributed by atoms with E-state index >= 15 is 0 Å². The highest BCUT2D eigenvalue weighted by molar-refractivity contribution is 4.81. The predicted molar refractivity (Wildman–Crippen MR) is 58.8 cm³/mol. The molecule has 0 saturated carbocycles. The van der Waals surface area contributed by atoms with Gasteiger partial charge in [0.15, 0.2) is 0 Å². The Morgan fingerprint density at radius 3 is 1.77 bits per heavy atom. The van der Waals surface area contributed by atoms with Crippen molar-refractivity contribution in [3.63, 3.8) is 0 Å². The predicted octanol–water partition coefficient (Wildman–Crippen LogP) is 3.61. The molecule has 1 N–H and O–H groups in total. The first-order valence-corrected chi connectivity index (χ1v) is 5.43. The van der Waals surface area contributed by atoms with E-state index in [0.717, 1.165) is 19.3 Å². The van der Waals surface area contributed by atoms with Gasteiger partial charge in [-0.25, -0.2) is 0 Å². The van der Waals surface area contributed by atoms with E-state index in [4.69, 9.17) is 0 Å². The Balaban J connectivity index is 4.22. The molecule has 80 valence electrons. The van der Waals surface area contributed by atoms with Crippen LogP contribution in [0.4, 0.5) is 0 Å². The second-order valence-corrected chi connectivity index (χ2v) is 5.58. The van der Waals surface area contributed by atoms with Crippen LogP contribution in [0, 0.1) is 10.8 Å². The smallest absolute Gasteiger partial charge is 0.0596 e. The van der Waals surface area contributed by atoms with Crippen LogP contribution in [-0.4, -0.2) is 11.2 Å². The average Bonchev–Trinajstić information content (AvgIpc) is 2.04. The molecule has 0 spiro atoms. The molecular weight excluding hydrogens is 160 g/mol. The van der Waals surface area contributed by atoms with E-state index in [2.05, 4.69) is 41.5 Å². The van der Waals surface area contributed by atoms with Crippen LogP contribution in [0.3, 0.4) is 0 Å². The van der Waals surface area contributed by atoms with Crippen molar-refractivity contribution in [3.05, 3.63) is 0 Å². The van der Waals surface area contributed by atoms with Gasteiger partial charge in [0.1, 0.15) is 0 Å². The lowest BCUT2D eigenvalue weighted by Gasteiger charge is -2.35. The standard InChI is InChI=1S/C12H26O/c1-7-11(3,4)9-10(13)12(5,6)8-2/h10,13H,7-9H2,1-6H3. The fraction of sp³-hybridized carbons (Fsp3) is 1.00. The van der Waals surface area contributed by atoms with E-state index in [1.807, 2.05) is 0 Å². The second-order valence-electron chi connectivity index (χ2n) is 5.58. The molecule has 0 aliphatic carbocycles. The van der Waals surface area contributed by atoms with Crippen LogP contribution in [0.5, 0.6) is 0 Å². The first-order chi connectivity index (χ1) is 5.75. The Labute approximate surface area is 83.5 Å². The molecule has 0 heterocycles. The lowest BCUT2D eigenvalue weighted by Crippen LogP contribution is -2.33. The minimum atomic E-state index is -0.174. The zero-order valence-electron chi connectivity index (χ0n) is 10.1. The molecule has 13 heavy (non-hydrogen) atoms. The maximum atomic E-state index is 10.0. The lowest BCUT2D eigenvalue weighted by atomic mass is 9.74. The zero-order valence-corrected chi connectivity index (χ0v) is 10.1. The molecule has 1 nitrogen and oxygen atoms in total. The number of aliphatic hydroxyl groups excluding tert-OH is 1. The number of hydrogen-bond donors (Lipinski definition) is 1. The third-order valence-electron chi connectivity index (χ3n) is 3.52. The maximum absolute atomic E-state index is 10.0. The topological polar surface area (TPSA) is 20.2 Å². The fourth-order valence-corrected chi connectivity index (χ4v) is 1.18. The van der Waals surface area contributed by atoms with Gasteiger partial charge in [0, 0.05) is 0 Å². The van der Waals surface area contributed by atoms with Crippen LogP contribution in [0.25, 0.3) is 0 Å². The summed E-state index contributed by atoms with van der Waals surface area (Å²) in [6, 6.07) is 0. The molecule has 0 aliphatic heterocycles. The third-order valence-corrected chi connectivity index (χ3v) is 3.52. The summed E-state index contributed by atoms with van der Waals surface area (Å²) < 4.78 is 0. The van der Waals surface area contributed by atoms with E-state index in [9.17, 15) is 5.11 Å². The van der Waals surface area contributed by atoms with Gasteiger partial charge in [0.25, 0.3) is 0 Å². The van der Waals surface area contributed by atoms with Gasteiger partial charge in [-0.05, 0) is 23.7 Å². The highest BCUT2D eigenvalue weighted by atomic mass is 16.3. The Bertz CT molecular complexity index is 147. The number of hydrogen-bond acceptors (Lipinski definition) is 1. The Kier molecular flexibility index (Phi) is 4.44. The van der Waals surface area contributed by atoms with Crippen molar-refractivity contribution < 1.29 is 5.11 Å². The van der Waals surface area contributed by atoms with Crippen molar-refractivity contribution in [2.24, 2.45) is 10.8 Å². The second kappa shape index (κ2) is 4.45. The zero-order chi connectivity index (χ0) is 10.7. The first kappa shape index (κ1) is 13.0. The van der Waals surface area contributed by atoms with Crippen molar-refractivity contribution in [1.29, 1.82) is 0 Å². The van der Waals surface area contributed by atoms with Crippen LogP contribution in [0.15, 0.2) is 0 Å². The van der Waals surface area contributed by atoms with Gasteiger partial charge >= 0.3 is 0 Å². The van der Waals surface area contributed by atoms with Gasteiger partial charge in [0.05, 0.1) is 6.10 Å². The minimum absolute atomic E-state index is 0.0619. The minimum Gasteiger partial charge on any atom is -0.393 e. The van der Waals surface area contributed by atoms with Gasteiger partial charge in [0.2, 0.25) is 0 Å². The molecule has 0 saturated heterocycles. The molecule has 0 bridgehead atoms. The van der Waals surface area contributed by atoms with Crippen LogP contribution in [0.2, 0.25) is 0 Å². The average molecular weight is 186 g/mol. The molecule has 0 aromatic rings. The largest absolute Gasteiger partial charge is 0.393 e. The lowest BCUT2D eigenvalue weighted by molar-refractivity contribution is 0.0109. The summed E-state index contributed by atoms with van der Waals surface area (Å²) in [6.07, 6.45) is 2.90. The molecular formula is C12H26O. The van der Waals surface area contributed by atoms with Crippen molar-refractivity contribution in [3.8, 4) is 0 Å². The maximum Gasteiger partial charge on any atom is 0.0596 e. The molecule has 0 fully saturated rings. The summed E-state index contributed by atoms with van der Waals surface area (Å²) in [5, 5.41) is 10.0. The highest BCUT2D eigenvalue weighted by Crippen LogP contribution is 2.34. The Morgan fingerprint density at radius 2 is 1.46 bits per heavy atom. The third kappa shape index (κ3) is 4.12. The van der Waals surface area contributed by atoms with Gasteiger partial charge < -0.3 is 5.11 Å². The van der Waals surface area contributed by atoms with Crippen LogP contribution < -0.4 is 0 Å². The fourth-order valence-electron chi connectivity index (χ4n) is 1.18. The van der Waals surface area contributed by atoms with E-state index in [0.29, 0.717) is 0 Å². The molecule has 0 radical (unpaired) electrons. The van der Waals surface area contributed by atoms with E-state index < -0.39 is 0 Å². The quantitative estimate of drug-likeness (QED) is 0.695. The van der Waals surface area contributed by atoms with Crippen molar-refractivity contribution in [2.45, 2.75) is 66.9 Å². The highest BCUT2D eigenvalue weighted by Gasteiger charge is 2.30. The summed E-state index contributed by atoms with van der Waals surface area (Å²) in [5.74, 6) is 0. The van der Waals surface area contributed by atoms with Gasteiger partial charge in [-0.15, -0.1) is 0 Å². The molecule has 1 unspecified atom stereocenters. The summed E-state index contributed by atoms with van der Waals surface area (Å²) >= 11 is 0. The molecule has 0 aliphatic rings. The number of rotatable bonds is 5. The Hall–Kier alpha value is -0.0400. The molecule has 0 rings (SSSR count).